The van der Waals surface area contributed by atoms with E-state index < -0.39 is 23.8 Å². The molecule has 100 valence electrons. The van der Waals surface area contributed by atoms with Crippen molar-refractivity contribution in [2.45, 2.75) is 12.2 Å². The number of hydrogen-bond acceptors (Lipinski definition) is 5. The Morgan fingerprint density at radius 3 is 2.42 bits per heavy atom. The van der Waals surface area contributed by atoms with Crippen molar-refractivity contribution < 1.29 is 14.8 Å². The number of amidine groups is 2. The van der Waals surface area contributed by atoms with Gasteiger partial charge in [-0.15, -0.1) is 0 Å². The zero-order valence-electron chi connectivity index (χ0n) is 9.71. The third-order valence-corrected chi connectivity index (χ3v) is 2.89. The molecule has 1 aromatic rings. The predicted molar refractivity (Wildman–Crippen MR) is 66.5 cm³/mol. The van der Waals surface area contributed by atoms with Gasteiger partial charge in [0.15, 0.2) is 11.5 Å². The molecule has 0 amide bonds. The summed E-state index contributed by atoms with van der Waals surface area (Å²) in [6.07, 6.45) is -1.28. The van der Waals surface area contributed by atoms with Gasteiger partial charge >= 0.3 is 0 Å². The van der Waals surface area contributed by atoms with Gasteiger partial charge in [0.2, 0.25) is 0 Å². The van der Waals surface area contributed by atoms with Crippen LogP contribution >= 0.6 is 0 Å². The van der Waals surface area contributed by atoms with Crippen LogP contribution in [0.3, 0.4) is 0 Å². The van der Waals surface area contributed by atoms with E-state index in [0.29, 0.717) is 11.1 Å². The van der Waals surface area contributed by atoms with E-state index in [2.05, 4.69) is 15.6 Å². The summed E-state index contributed by atoms with van der Waals surface area (Å²) < 4.78 is 13.9. The summed E-state index contributed by atoms with van der Waals surface area (Å²) in [5, 5.41) is 32.8. The number of nitrogens with zero attached hydrogens (tertiary/aromatic N) is 2. The maximum absolute atomic E-state index is 13.9. The zero-order chi connectivity index (χ0) is 14.0. The minimum Gasteiger partial charge on any atom is -0.410 e. The van der Waals surface area contributed by atoms with Crippen LogP contribution in [0.15, 0.2) is 34.6 Å². The van der Waals surface area contributed by atoms with E-state index in [9.17, 15) is 4.39 Å². The topological polar surface area (TPSA) is 127 Å². The first-order chi connectivity index (χ1) is 9.10. The third kappa shape index (κ3) is 2.07. The Bertz CT molecular complexity index is 572. The fraction of sp³-hybridized carbons (Fsp3) is 0.182. The molecule has 2 rings (SSSR count). The van der Waals surface area contributed by atoms with Crippen LogP contribution in [0, 0.1) is 5.41 Å². The minimum atomic E-state index is -1.28. The van der Waals surface area contributed by atoms with Crippen molar-refractivity contribution in [3.05, 3.63) is 35.4 Å². The number of nitrogens with two attached hydrogens (primary N) is 1. The van der Waals surface area contributed by atoms with Crippen LogP contribution in [0.2, 0.25) is 0 Å². The Balaban J connectivity index is 2.21. The highest BCUT2D eigenvalue weighted by atomic mass is 19.1. The van der Waals surface area contributed by atoms with Gasteiger partial charge in [-0.05, 0) is 11.1 Å². The molecule has 7 nitrogen and oxygen atoms in total. The van der Waals surface area contributed by atoms with Crippen LogP contribution in [0.4, 0.5) is 4.39 Å². The monoisotopic (exact) mass is 265 g/mol. The second-order valence-electron chi connectivity index (χ2n) is 3.96. The molecule has 2 unspecified atom stereocenters. The fourth-order valence-corrected chi connectivity index (χ4v) is 1.96. The molecule has 0 aromatic heterocycles. The maximum Gasteiger partial charge on any atom is 0.199 e. The Morgan fingerprint density at radius 1 is 1.26 bits per heavy atom. The van der Waals surface area contributed by atoms with Gasteiger partial charge in [0.1, 0.15) is 12.0 Å². The van der Waals surface area contributed by atoms with Crippen molar-refractivity contribution in [2.24, 2.45) is 16.0 Å². The molecule has 0 aliphatic heterocycles. The fourth-order valence-electron chi connectivity index (χ4n) is 1.96. The lowest BCUT2D eigenvalue weighted by Gasteiger charge is -2.35. The van der Waals surface area contributed by atoms with Crippen molar-refractivity contribution in [2.75, 3.05) is 0 Å². The van der Waals surface area contributed by atoms with E-state index in [4.69, 9.17) is 21.6 Å². The van der Waals surface area contributed by atoms with Crippen molar-refractivity contribution in [1.82, 2.24) is 5.32 Å². The van der Waals surface area contributed by atoms with Gasteiger partial charge in [-0.1, -0.05) is 34.6 Å². The number of hydrogen-bond donors (Lipinski definition) is 5. The zero-order valence-corrected chi connectivity index (χ0v) is 9.71. The molecular formula is C11H12FN5O2. The van der Waals surface area contributed by atoms with Crippen LogP contribution in [-0.2, 0) is 0 Å². The van der Waals surface area contributed by atoms with Gasteiger partial charge in [-0.25, -0.2) is 4.39 Å². The highest BCUT2D eigenvalue weighted by molar-refractivity contribution is 6.66. The van der Waals surface area contributed by atoms with E-state index in [-0.39, 0.29) is 5.84 Å². The van der Waals surface area contributed by atoms with E-state index in [1.807, 2.05) is 0 Å². The number of halogens is 1. The summed E-state index contributed by atoms with van der Waals surface area (Å²) in [6.45, 7) is 0. The van der Waals surface area contributed by atoms with Crippen LogP contribution in [0.25, 0.3) is 0 Å². The molecule has 0 radical (unpaired) electrons. The van der Waals surface area contributed by atoms with Gasteiger partial charge in [0, 0.05) is 0 Å². The summed E-state index contributed by atoms with van der Waals surface area (Å²) in [5.41, 5.74) is 5.95. The van der Waals surface area contributed by atoms with Gasteiger partial charge in [0.05, 0.1) is 6.04 Å². The number of alkyl halides is 1. The highest BCUT2D eigenvalue weighted by Crippen LogP contribution is 2.45. The molecular weight excluding hydrogens is 253 g/mol. The second kappa shape index (κ2) is 4.92. The number of rotatable bonds is 3. The Hall–Kier alpha value is -2.64. The molecule has 0 spiro atoms. The van der Waals surface area contributed by atoms with Crippen LogP contribution in [0.1, 0.15) is 23.3 Å². The first-order valence-electron chi connectivity index (χ1n) is 5.38. The minimum absolute atomic E-state index is 0.364. The van der Waals surface area contributed by atoms with Crippen molar-refractivity contribution in [3.63, 3.8) is 0 Å². The quantitative estimate of drug-likeness (QED) is 0.241. The number of nitrogens with one attached hydrogen (secondary N) is 2. The number of oxime groups is 2. The Morgan fingerprint density at radius 2 is 1.89 bits per heavy atom. The van der Waals surface area contributed by atoms with Crippen LogP contribution < -0.4 is 11.1 Å². The lowest BCUT2D eigenvalue weighted by atomic mass is 9.81. The third-order valence-electron chi connectivity index (χ3n) is 2.89. The highest BCUT2D eigenvalue weighted by Gasteiger charge is 2.39. The molecule has 8 heteroatoms. The molecule has 0 heterocycles. The Kier molecular flexibility index (Phi) is 3.32. The average molecular weight is 265 g/mol. The standard InChI is InChI=1S/C11H12FN5O2/c12-7-5-3-1-2-4-6(5)8(7)15-11(17-19)9(16-18)10(13)14/h1-4,7-8,18-19H,(H3,13,14)(H,15,17)/b16-9+. The molecule has 0 saturated heterocycles. The van der Waals surface area contributed by atoms with Gasteiger partial charge < -0.3 is 21.5 Å². The first-order valence-corrected chi connectivity index (χ1v) is 5.38. The summed E-state index contributed by atoms with van der Waals surface area (Å²) in [6, 6.07) is 6.11. The summed E-state index contributed by atoms with van der Waals surface area (Å²) in [5.74, 6) is -0.969. The van der Waals surface area contributed by atoms with E-state index in [1.165, 1.54) is 0 Å². The van der Waals surface area contributed by atoms with E-state index in [0.717, 1.165) is 0 Å². The first kappa shape index (κ1) is 12.8. The van der Waals surface area contributed by atoms with Crippen molar-refractivity contribution in [3.8, 4) is 0 Å². The van der Waals surface area contributed by atoms with Crippen molar-refractivity contribution in [1.29, 1.82) is 5.41 Å². The molecule has 2 atom stereocenters. The smallest absolute Gasteiger partial charge is 0.199 e. The molecule has 1 aliphatic rings. The molecule has 0 bridgehead atoms. The molecule has 0 saturated carbocycles. The molecule has 1 aromatic carbocycles. The molecule has 19 heavy (non-hydrogen) atoms. The number of fused-ring (bicyclic) bond motifs is 1. The van der Waals surface area contributed by atoms with E-state index in [1.54, 1.807) is 24.3 Å². The average Bonchev–Trinajstić information content (AvgIpc) is 2.42. The lowest BCUT2D eigenvalue weighted by molar-refractivity contribution is 0.231. The molecule has 6 N–H and O–H groups in total. The van der Waals surface area contributed by atoms with Crippen LogP contribution in [0.5, 0.6) is 0 Å². The molecule has 0 fully saturated rings. The second-order valence-corrected chi connectivity index (χ2v) is 3.96. The normalized spacial score (nSPS) is 22.4. The van der Waals surface area contributed by atoms with Gasteiger partial charge in [-0.3, -0.25) is 5.41 Å². The number of benzene rings is 1. The summed E-state index contributed by atoms with van der Waals surface area (Å²) in [4.78, 5) is 0. The Labute approximate surface area is 107 Å². The van der Waals surface area contributed by atoms with Crippen molar-refractivity contribution >= 4 is 17.4 Å². The SMILES string of the molecule is N=C(N)C(=N\O)/C(=N/O)NC1c2ccccc2C1F. The van der Waals surface area contributed by atoms with Crippen LogP contribution in [-0.4, -0.2) is 27.8 Å². The van der Waals surface area contributed by atoms with E-state index >= 15 is 0 Å². The van der Waals surface area contributed by atoms with Gasteiger partial charge in [-0.2, -0.15) is 0 Å². The van der Waals surface area contributed by atoms with Gasteiger partial charge in [0.25, 0.3) is 0 Å². The molecule has 1 aliphatic carbocycles. The maximum atomic E-state index is 13.9. The summed E-state index contributed by atoms with van der Waals surface area (Å²) >= 11 is 0. The predicted octanol–water partition coefficient (Wildman–Crippen LogP) is 0.895. The lowest BCUT2D eigenvalue weighted by Crippen LogP contribution is -2.44. The summed E-state index contributed by atoms with van der Waals surface area (Å²) in [7, 11) is 0. The largest absolute Gasteiger partial charge is 0.410 e.